The molecule has 0 unspecified atom stereocenters. The van der Waals surface area contributed by atoms with Crippen molar-refractivity contribution < 1.29 is 18.0 Å². The molecular weight excluding hydrogens is 185 g/mol. The first-order valence-corrected chi connectivity index (χ1v) is 3.87. The third-order valence-electron chi connectivity index (χ3n) is 1.48. The van der Waals surface area contributed by atoms with E-state index in [4.69, 9.17) is 5.73 Å². The molecule has 0 aliphatic heterocycles. The monoisotopic (exact) mass is 198 g/mol. The maximum atomic E-state index is 11.7. The molecule has 0 aromatic rings. The van der Waals surface area contributed by atoms with Crippen molar-refractivity contribution in [3.63, 3.8) is 0 Å². The van der Waals surface area contributed by atoms with Crippen LogP contribution < -0.4 is 5.73 Å². The molecule has 0 radical (unpaired) electrons. The standard InChI is InChI=1S/C7H13F3N2O/c1-12(4-2-3-11)6(13)5-7(8,9)10/h2-5,11H2,1H3. The van der Waals surface area contributed by atoms with Gasteiger partial charge in [-0.25, -0.2) is 0 Å². The van der Waals surface area contributed by atoms with Gasteiger partial charge < -0.3 is 10.6 Å². The van der Waals surface area contributed by atoms with E-state index in [0.717, 1.165) is 4.90 Å². The van der Waals surface area contributed by atoms with Gasteiger partial charge in [0, 0.05) is 13.6 Å². The molecule has 1 amide bonds. The second-order valence-electron chi connectivity index (χ2n) is 2.75. The highest BCUT2D eigenvalue weighted by Crippen LogP contribution is 2.20. The highest BCUT2D eigenvalue weighted by Gasteiger charge is 2.32. The van der Waals surface area contributed by atoms with Crippen LogP contribution in [0, 0.1) is 0 Å². The van der Waals surface area contributed by atoms with Crippen LogP contribution in [0.5, 0.6) is 0 Å². The lowest BCUT2D eigenvalue weighted by atomic mass is 10.3. The molecule has 0 heterocycles. The first-order chi connectivity index (χ1) is 5.87. The smallest absolute Gasteiger partial charge is 0.345 e. The molecule has 6 heteroatoms. The number of halogens is 3. The molecule has 0 atom stereocenters. The van der Waals surface area contributed by atoms with E-state index in [9.17, 15) is 18.0 Å². The zero-order valence-electron chi connectivity index (χ0n) is 7.40. The topological polar surface area (TPSA) is 46.3 Å². The molecule has 0 spiro atoms. The summed E-state index contributed by atoms with van der Waals surface area (Å²) >= 11 is 0. The molecular formula is C7H13F3N2O. The van der Waals surface area contributed by atoms with Gasteiger partial charge in [0.25, 0.3) is 0 Å². The van der Waals surface area contributed by atoms with E-state index in [1.807, 2.05) is 0 Å². The number of carbonyl (C=O) groups excluding carboxylic acids is 1. The highest BCUT2D eigenvalue weighted by molar-refractivity contribution is 5.76. The minimum absolute atomic E-state index is 0.269. The Morgan fingerprint density at radius 3 is 2.38 bits per heavy atom. The summed E-state index contributed by atoms with van der Waals surface area (Å²) < 4.78 is 35.1. The average molecular weight is 198 g/mol. The zero-order chi connectivity index (χ0) is 10.5. The Morgan fingerprint density at radius 1 is 1.46 bits per heavy atom. The summed E-state index contributed by atoms with van der Waals surface area (Å²) in [5.74, 6) is -0.916. The van der Waals surface area contributed by atoms with Gasteiger partial charge in [0.1, 0.15) is 6.42 Å². The summed E-state index contributed by atoms with van der Waals surface area (Å²) in [5.41, 5.74) is 5.14. The van der Waals surface area contributed by atoms with Crippen LogP contribution in [-0.2, 0) is 4.79 Å². The molecule has 0 rings (SSSR count). The summed E-state index contributed by atoms with van der Waals surface area (Å²) in [6.45, 7) is 0.634. The number of nitrogens with two attached hydrogens (primary N) is 1. The molecule has 0 saturated carbocycles. The van der Waals surface area contributed by atoms with Crippen molar-refractivity contribution in [3.8, 4) is 0 Å². The fourth-order valence-electron chi connectivity index (χ4n) is 0.760. The van der Waals surface area contributed by atoms with Crippen LogP contribution in [0.25, 0.3) is 0 Å². The Bertz CT molecular complexity index is 170. The molecule has 2 N–H and O–H groups in total. The van der Waals surface area contributed by atoms with Gasteiger partial charge in [-0.3, -0.25) is 4.79 Å². The number of hydrogen-bond donors (Lipinski definition) is 1. The van der Waals surface area contributed by atoms with Crippen LogP contribution in [0.3, 0.4) is 0 Å². The fourth-order valence-corrected chi connectivity index (χ4v) is 0.760. The van der Waals surface area contributed by atoms with Gasteiger partial charge in [0.15, 0.2) is 0 Å². The number of rotatable bonds is 4. The van der Waals surface area contributed by atoms with Gasteiger partial charge in [-0.15, -0.1) is 0 Å². The summed E-state index contributed by atoms with van der Waals surface area (Å²) in [6.07, 6.45) is -5.30. The van der Waals surface area contributed by atoms with Crippen molar-refractivity contribution in [1.29, 1.82) is 0 Å². The summed E-state index contributed by atoms with van der Waals surface area (Å²) in [4.78, 5) is 11.9. The number of nitrogens with zero attached hydrogens (tertiary/aromatic N) is 1. The van der Waals surface area contributed by atoms with Gasteiger partial charge >= 0.3 is 6.18 Å². The van der Waals surface area contributed by atoms with Crippen molar-refractivity contribution in [2.45, 2.75) is 19.0 Å². The Balaban J connectivity index is 3.83. The van der Waals surface area contributed by atoms with Crippen molar-refractivity contribution in [3.05, 3.63) is 0 Å². The molecule has 78 valence electrons. The van der Waals surface area contributed by atoms with Gasteiger partial charge in [0.05, 0.1) is 0 Å². The van der Waals surface area contributed by atoms with Crippen LogP contribution in [0.1, 0.15) is 12.8 Å². The van der Waals surface area contributed by atoms with E-state index < -0.39 is 18.5 Å². The molecule has 0 aliphatic rings. The van der Waals surface area contributed by atoms with Crippen LogP contribution >= 0.6 is 0 Å². The minimum atomic E-state index is -4.42. The first kappa shape index (κ1) is 12.2. The Labute approximate surface area is 74.7 Å². The maximum absolute atomic E-state index is 11.7. The van der Waals surface area contributed by atoms with Crippen LogP contribution in [0.15, 0.2) is 0 Å². The lowest BCUT2D eigenvalue weighted by Crippen LogP contribution is -2.32. The summed E-state index contributed by atoms with van der Waals surface area (Å²) in [5, 5.41) is 0. The lowest BCUT2D eigenvalue weighted by Gasteiger charge is -2.17. The molecule has 3 nitrogen and oxygen atoms in total. The van der Waals surface area contributed by atoms with Gasteiger partial charge in [-0.05, 0) is 13.0 Å². The van der Waals surface area contributed by atoms with Crippen LogP contribution in [-0.4, -0.2) is 37.1 Å². The van der Waals surface area contributed by atoms with E-state index in [-0.39, 0.29) is 6.54 Å². The third kappa shape index (κ3) is 6.39. The molecule has 0 saturated heterocycles. The second kappa shape index (κ2) is 5.06. The van der Waals surface area contributed by atoms with Gasteiger partial charge in [-0.1, -0.05) is 0 Å². The molecule has 0 aromatic carbocycles. The highest BCUT2D eigenvalue weighted by atomic mass is 19.4. The van der Waals surface area contributed by atoms with E-state index >= 15 is 0 Å². The summed E-state index contributed by atoms with van der Waals surface area (Å²) in [7, 11) is 1.34. The fraction of sp³-hybridized carbons (Fsp3) is 0.857. The van der Waals surface area contributed by atoms with E-state index in [2.05, 4.69) is 0 Å². The Hall–Kier alpha value is -0.780. The Morgan fingerprint density at radius 2 is 2.00 bits per heavy atom. The quantitative estimate of drug-likeness (QED) is 0.724. The van der Waals surface area contributed by atoms with Crippen molar-refractivity contribution >= 4 is 5.91 Å². The maximum Gasteiger partial charge on any atom is 0.397 e. The predicted octanol–water partition coefficient (Wildman–Crippen LogP) is 0.746. The molecule has 0 fully saturated rings. The van der Waals surface area contributed by atoms with Crippen molar-refractivity contribution in [2.75, 3.05) is 20.1 Å². The third-order valence-corrected chi connectivity index (χ3v) is 1.48. The van der Waals surface area contributed by atoms with E-state index in [0.29, 0.717) is 13.0 Å². The summed E-state index contributed by atoms with van der Waals surface area (Å²) in [6, 6.07) is 0. The molecule has 0 aromatic heterocycles. The normalized spacial score (nSPS) is 11.5. The second-order valence-corrected chi connectivity index (χ2v) is 2.75. The minimum Gasteiger partial charge on any atom is -0.345 e. The average Bonchev–Trinajstić information content (AvgIpc) is 1.96. The SMILES string of the molecule is CN(CCCN)C(=O)CC(F)(F)F. The van der Waals surface area contributed by atoms with Crippen molar-refractivity contribution in [2.24, 2.45) is 5.73 Å². The van der Waals surface area contributed by atoms with Crippen LogP contribution in [0.2, 0.25) is 0 Å². The first-order valence-electron chi connectivity index (χ1n) is 3.87. The van der Waals surface area contributed by atoms with Gasteiger partial charge in [-0.2, -0.15) is 13.2 Å². The van der Waals surface area contributed by atoms with Gasteiger partial charge in [0.2, 0.25) is 5.91 Å². The molecule has 0 bridgehead atoms. The predicted molar refractivity (Wildman–Crippen MR) is 42.0 cm³/mol. The zero-order valence-corrected chi connectivity index (χ0v) is 7.40. The molecule has 0 aliphatic carbocycles. The number of hydrogen-bond acceptors (Lipinski definition) is 2. The van der Waals surface area contributed by atoms with E-state index in [1.54, 1.807) is 0 Å². The van der Waals surface area contributed by atoms with Crippen molar-refractivity contribution in [1.82, 2.24) is 4.90 Å². The number of carbonyl (C=O) groups is 1. The largest absolute Gasteiger partial charge is 0.397 e. The van der Waals surface area contributed by atoms with E-state index in [1.165, 1.54) is 7.05 Å². The number of alkyl halides is 3. The van der Waals surface area contributed by atoms with Crippen LogP contribution in [0.4, 0.5) is 13.2 Å². The Kier molecular flexibility index (Phi) is 4.76. The number of amides is 1. The lowest BCUT2D eigenvalue weighted by molar-refractivity contribution is -0.160. The molecule has 13 heavy (non-hydrogen) atoms.